The highest BCUT2D eigenvalue weighted by molar-refractivity contribution is 9.10. The Bertz CT molecular complexity index is 244. The van der Waals surface area contributed by atoms with Crippen LogP contribution in [0.5, 0.6) is 0 Å². The van der Waals surface area contributed by atoms with Gasteiger partial charge in [-0.25, -0.2) is 0 Å². The molecule has 0 aliphatic carbocycles. The first-order valence-electron chi connectivity index (χ1n) is 4.35. The van der Waals surface area contributed by atoms with Gasteiger partial charge in [-0.15, -0.1) is 0 Å². The molecule has 1 aliphatic rings. The summed E-state index contributed by atoms with van der Waals surface area (Å²) in [6, 6.07) is 0. The summed E-state index contributed by atoms with van der Waals surface area (Å²) < 4.78 is 0. The lowest BCUT2D eigenvalue weighted by Crippen LogP contribution is -2.54. The van der Waals surface area contributed by atoms with Crippen LogP contribution < -0.4 is 0 Å². The van der Waals surface area contributed by atoms with E-state index in [0.717, 1.165) is 0 Å². The first kappa shape index (κ1) is 10.7. The average molecular weight is 248 g/mol. The predicted octanol–water partition coefficient (Wildman–Crippen LogP) is 1.70. The summed E-state index contributed by atoms with van der Waals surface area (Å²) in [6.07, 6.45) is 1.07. The van der Waals surface area contributed by atoms with Crippen LogP contribution in [0.1, 0.15) is 33.6 Å². The maximum Gasteiger partial charge on any atom is 0.243 e. The third-order valence-electron chi connectivity index (χ3n) is 2.02. The van der Waals surface area contributed by atoms with E-state index in [4.69, 9.17) is 0 Å². The summed E-state index contributed by atoms with van der Waals surface area (Å²) in [5.41, 5.74) is -0.402. The summed E-state index contributed by atoms with van der Waals surface area (Å²) >= 11 is 3.27. The zero-order valence-corrected chi connectivity index (χ0v) is 9.72. The van der Waals surface area contributed by atoms with E-state index in [2.05, 4.69) is 15.9 Å². The van der Waals surface area contributed by atoms with Gasteiger partial charge in [0.2, 0.25) is 11.8 Å². The van der Waals surface area contributed by atoms with Crippen molar-refractivity contribution >= 4 is 27.7 Å². The molecule has 0 spiro atoms. The largest absolute Gasteiger partial charge is 0.276 e. The minimum Gasteiger partial charge on any atom is -0.276 e. The summed E-state index contributed by atoms with van der Waals surface area (Å²) in [7, 11) is 0. The lowest BCUT2D eigenvalue weighted by atomic mass is 10.00. The highest BCUT2D eigenvalue weighted by atomic mass is 79.9. The third kappa shape index (κ3) is 2.10. The molecule has 1 fully saturated rings. The minimum absolute atomic E-state index is 0.0619. The fourth-order valence-electron chi connectivity index (χ4n) is 1.45. The molecule has 2 amide bonds. The molecule has 1 saturated heterocycles. The molecule has 0 N–H and O–H groups in total. The average Bonchev–Trinajstić information content (AvgIpc) is 1.95. The van der Waals surface area contributed by atoms with E-state index in [-0.39, 0.29) is 16.6 Å². The second kappa shape index (κ2) is 3.40. The maximum atomic E-state index is 11.6. The Hall–Kier alpha value is -0.380. The summed E-state index contributed by atoms with van der Waals surface area (Å²) in [5.74, 6) is -0.169. The van der Waals surface area contributed by atoms with Gasteiger partial charge in [-0.2, -0.15) is 0 Å². The monoisotopic (exact) mass is 247 g/mol. The topological polar surface area (TPSA) is 37.4 Å². The van der Waals surface area contributed by atoms with E-state index >= 15 is 0 Å². The van der Waals surface area contributed by atoms with Gasteiger partial charge in [0.1, 0.15) is 0 Å². The predicted molar refractivity (Wildman–Crippen MR) is 53.6 cm³/mol. The first-order chi connectivity index (χ1) is 5.84. The van der Waals surface area contributed by atoms with Crippen molar-refractivity contribution in [3.8, 4) is 0 Å². The molecule has 1 heterocycles. The molecule has 0 aromatic rings. The normalized spacial score (nSPS) is 25.2. The Kier molecular flexibility index (Phi) is 2.80. The van der Waals surface area contributed by atoms with Gasteiger partial charge in [-0.1, -0.05) is 15.9 Å². The van der Waals surface area contributed by atoms with E-state index in [0.29, 0.717) is 12.8 Å². The molecule has 3 nitrogen and oxygen atoms in total. The van der Waals surface area contributed by atoms with Gasteiger partial charge in [0.25, 0.3) is 0 Å². The highest BCUT2D eigenvalue weighted by Crippen LogP contribution is 2.25. The van der Waals surface area contributed by atoms with Crippen molar-refractivity contribution in [1.82, 2.24) is 4.90 Å². The number of hydrogen-bond acceptors (Lipinski definition) is 2. The SMILES string of the molecule is CC(C)(C)N1C(=O)CCC(Br)C1=O. The maximum absolute atomic E-state index is 11.6. The molecule has 1 aliphatic heterocycles. The van der Waals surface area contributed by atoms with Crippen molar-refractivity contribution in [2.45, 2.75) is 44.0 Å². The van der Waals surface area contributed by atoms with Crippen molar-refractivity contribution in [2.75, 3.05) is 0 Å². The van der Waals surface area contributed by atoms with E-state index in [1.165, 1.54) is 4.90 Å². The van der Waals surface area contributed by atoms with E-state index < -0.39 is 5.54 Å². The van der Waals surface area contributed by atoms with Crippen molar-refractivity contribution in [2.24, 2.45) is 0 Å². The molecule has 4 heteroatoms. The quantitative estimate of drug-likeness (QED) is 0.483. The highest BCUT2D eigenvalue weighted by Gasteiger charge is 2.39. The minimum atomic E-state index is -0.402. The van der Waals surface area contributed by atoms with Crippen LogP contribution in [0.25, 0.3) is 0 Å². The molecule has 0 bridgehead atoms. The number of piperidine rings is 1. The molecule has 0 radical (unpaired) electrons. The lowest BCUT2D eigenvalue weighted by molar-refractivity contribution is -0.153. The Balaban J connectivity index is 2.91. The molecule has 74 valence electrons. The number of rotatable bonds is 0. The molecule has 0 saturated carbocycles. The molecule has 13 heavy (non-hydrogen) atoms. The molecule has 0 aromatic heterocycles. The van der Waals surface area contributed by atoms with E-state index in [1.807, 2.05) is 20.8 Å². The Morgan fingerprint density at radius 2 is 1.92 bits per heavy atom. The third-order valence-corrected chi connectivity index (χ3v) is 2.87. The van der Waals surface area contributed by atoms with Gasteiger partial charge in [0, 0.05) is 12.0 Å². The number of likely N-dealkylation sites (tertiary alicyclic amines) is 1. The van der Waals surface area contributed by atoms with Gasteiger partial charge in [0.05, 0.1) is 4.83 Å². The van der Waals surface area contributed by atoms with E-state index in [1.54, 1.807) is 0 Å². The van der Waals surface area contributed by atoms with E-state index in [9.17, 15) is 9.59 Å². The summed E-state index contributed by atoms with van der Waals surface area (Å²) in [4.78, 5) is 24.3. The van der Waals surface area contributed by atoms with Crippen LogP contribution in [0.4, 0.5) is 0 Å². The number of nitrogens with zero attached hydrogens (tertiary/aromatic N) is 1. The first-order valence-corrected chi connectivity index (χ1v) is 5.26. The van der Waals surface area contributed by atoms with Crippen molar-refractivity contribution < 1.29 is 9.59 Å². The van der Waals surface area contributed by atoms with Crippen LogP contribution in [0, 0.1) is 0 Å². The van der Waals surface area contributed by atoms with Crippen LogP contribution in [0.3, 0.4) is 0 Å². The van der Waals surface area contributed by atoms with Crippen LogP contribution in [0.15, 0.2) is 0 Å². The van der Waals surface area contributed by atoms with Crippen LogP contribution in [0.2, 0.25) is 0 Å². The number of carbonyl (C=O) groups is 2. The number of amides is 2. The number of hydrogen-bond donors (Lipinski definition) is 0. The smallest absolute Gasteiger partial charge is 0.243 e. The number of halogens is 1. The molecular formula is C9H14BrNO2. The molecule has 1 unspecified atom stereocenters. The standard InChI is InChI=1S/C9H14BrNO2/c1-9(2,3)11-7(12)5-4-6(10)8(11)13/h6H,4-5H2,1-3H3. The number of alkyl halides is 1. The second-order valence-corrected chi connectivity index (χ2v) is 5.35. The van der Waals surface area contributed by atoms with Crippen LogP contribution >= 0.6 is 15.9 Å². The van der Waals surface area contributed by atoms with Crippen molar-refractivity contribution in [3.05, 3.63) is 0 Å². The Morgan fingerprint density at radius 3 is 2.31 bits per heavy atom. The van der Waals surface area contributed by atoms with Gasteiger partial charge in [-0.3, -0.25) is 14.5 Å². The lowest BCUT2D eigenvalue weighted by Gasteiger charge is -2.38. The van der Waals surface area contributed by atoms with Crippen molar-refractivity contribution in [1.29, 1.82) is 0 Å². The van der Waals surface area contributed by atoms with Gasteiger partial charge in [0.15, 0.2) is 0 Å². The van der Waals surface area contributed by atoms with Gasteiger partial charge < -0.3 is 0 Å². The molecule has 1 atom stereocenters. The zero-order valence-electron chi connectivity index (χ0n) is 8.13. The fourth-order valence-corrected chi connectivity index (χ4v) is 1.89. The second-order valence-electron chi connectivity index (χ2n) is 4.24. The Labute approximate surface area is 86.6 Å². The van der Waals surface area contributed by atoms with Crippen molar-refractivity contribution in [3.63, 3.8) is 0 Å². The number of imide groups is 1. The fraction of sp³-hybridized carbons (Fsp3) is 0.778. The Morgan fingerprint density at radius 1 is 1.38 bits per heavy atom. The van der Waals surface area contributed by atoms with Gasteiger partial charge >= 0.3 is 0 Å². The number of carbonyl (C=O) groups excluding carboxylic acids is 2. The molecular weight excluding hydrogens is 234 g/mol. The summed E-state index contributed by atoms with van der Waals surface area (Å²) in [5, 5.41) is 0. The summed E-state index contributed by atoms with van der Waals surface area (Å²) in [6.45, 7) is 5.61. The zero-order chi connectivity index (χ0) is 10.2. The molecule has 1 rings (SSSR count). The van der Waals surface area contributed by atoms with Gasteiger partial charge in [-0.05, 0) is 27.2 Å². The van der Waals surface area contributed by atoms with Crippen LogP contribution in [-0.2, 0) is 9.59 Å². The molecule has 0 aromatic carbocycles. The van der Waals surface area contributed by atoms with Crippen LogP contribution in [-0.4, -0.2) is 27.1 Å².